The van der Waals surface area contributed by atoms with Gasteiger partial charge in [0.1, 0.15) is 11.8 Å². The first-order valence-corrected chi connectivity index (χ1v) is 11.6. The molecule has 0 fully saturated rings. The largest absolute Gasteiger partial charge is 0.493 e. The van der Waals surface area contributed by atoms with Crippen molar-refractivity contribution in [2.75, 3.05) is 13.2 Å². The first-order chi connectivity index (χ1) is 14.7. The number of halogens is 2. The van der Waals surface area contributed by atoms with Crippen LogP contribution in [0.25, 0.3) is 0 Å². The molecule has 8 nitrogen and oxygen atoms in total. The summed E-state index contributed by atoms with van der Waals surface area (Å²) in [6.45, 7) is 1.22. The number of esters is 1. The summed E-state index contributed by atoms with van der Waals surface area (Å²) < 4.78 is 37.5. The van der Waals surface area contributed by atoms with E-state index in [9.17, 15) is 18.0 Å². The monoisotopic (exact) mass is 486 g/mol. The maximum Gasteiger partial charge on any atom is 0.324 e. The number of rotatable bonds is 7. The number of carbonyl (C=O) groups is 2. The molecule has 1 aliphatic rings. The number of amides is 1. The fourth-order valence-corrected chi connectivity index (χ4v) is 4.56. The van der Waals surface area contributed by atoms with Gasteiger partial charge in [-0.05, 0) is 31.2 Å². The summed E-state index contributed by atoms with van der Waals surface area (Å²) in [6.07, 6.45) is 0.580. The zero-order valence-corrected chi connectivity index (χ0v) is 18.8. The van der Waals surface area contributed by atoms with Crippen molar-refractivity contribution in [1.82, 2.24) is 10.0 Å². The average Bonchev–Trinajstić information content (AvgIpc) is 2.73. The Bertz CT molecular complexity index is 1090. The summed E-state index contributed by atoms with van der Waals surface area (Å²) in [5.41, 5.74) is 0.844. The Hall–Kier alpha value is -2.33. The number of ether oxygens (including phenoxy) is 2. The van der Waals surface area contributed by atoms with Crippen molar-refractivity contribution < 1.29 is 27.5 Å². The zero-order chi connectivity index (χ0) is 22.6. The molecule has 0 aliphatic carbocycles. The maximum atomic E-state index is 12.4. The molecule has 166 valence electrons. The number of para-hydroxylation sites is 1. The van der Waals surface area contributed by atoms with Gasteiger partial charge in [-0.15, -0.1) is 0 Å². The second-order valence-electron chi connectivity index (χ2n) is 6.82. The van der Waals surface area contributed by atoms with Crippen LogP contribution >= 0.6 is 23.2 Å². The average molecular weight is 487 g/mol. The van der Waals surface area contributed by atoms with E-state index in [1.807, 2.05) is 24.3 Å². The Balaban J connectivity index is 1.53. The summed E-state index contributed by atoms with van der Waals surface area (Å²) in [7, 11) is -4.05. The Morgan fingerprint density at radius 1 is 1.19 bits per heavy atom. The minimum absolute atomic E-state index is 0.0612. The van der Waals surface area contributed by atoms with E-state index in [2.05, 4.69) is 10.0 Å². The molecule has 2 N–H and O–H groups in total. The van der Waals surface area contributed by atoms with E-state index in [1.165, 1.54) is 25.1 Å². The van der Waals surface area contributed by atoms with Crippen LogP contribution in [0, 0.1) is 0 Å². The number of fused-ring (bicyclic) bond motifs is 1. The van der Waals surface area contributed by atoms with Gasteiger partial charge in [0.15, 0.2) is 6.61 Å². The lowest BCUT2D eigenvalue weighted by Crippen LogP contribution is -2.41. The van der Waals surface area contributed by atoms with Crippen LogP contribution in [-0.2, 0) is 24.3 Å². The molecule has 1 unspecified atom stereocenters. The Labute approximate surface area is 189 Å². The Kier molecular flexibility index (Phi) is 7.42. The van der Waals surface area contributed by atoms with Crippen molar-refractivity contribution in [3.05, 3.63) is 58.1 Å². The Morgan fingerprint density at radius 2 is 1.94 bits per heavy atom. The van der Waals surface area contributed by atoms with Crippen LogP contribution in [0.1, 0.15) is 24.9 Å². The predicted octanol–water partition coefficient (Wildman–Crippen LogP) is 2.84. The van der Waals surface area contributed by atoms with Crippen LogP contribution in [0.15, 0.2) is 47.4 Å². The molecule has 1 aliphatic heterocycles. The molecule has 31 heavy (non-hydrogen) atoms. The highest BCUT2D eigenvalue weighted by atomic mass is 35.5. The van der Waals surface area contributed by atoms with Crippen molar-refractivity contribution in [2.45, 2.75) is 30.3 Å². The van der Waals surface area contributed by atoms with Gasteiger partial charge in [0.05, 0.1) is 27.6 Å². The number of sulfonamides is 1. The molecule has 0 aromatic heterocycles. The fraction of sp³-hybridized carbons (Fsp3) is 0.300. The number of benzene rings is 2. The van der Waals surface area contributed by atoms with Gasteiger partial charge in [0, 0.05) is 12.0 Å². The first kappa shape index (κ1) is 23.3. The normalized spacial score (nSPS) is 16.5. The highest BCUT2D eigenvalue weighted by Crippen LogP contribution is 2.31. The quantitative estimate of drug-likeness (QED) is 0.582. The van der Waals surface area contributed by atoms with Gasteiger partial charge in [-0.1, -0.05) is 41.4 Å². The van der Waals surface area contributed by atoms with E-state index in [0.29, 0.717) is 18.8 Å². The molecule has 0 spiro atoms. The van der Waals surface area contributed by atoms with E-state index >= 15 is 0 Å². The van der Waals surface area contributed by atoms with Gasteiger partial charge >= 0.3 is 5.97 Å². The molecular weight excluding hydrogens is 467 g/mol. The zero-order valence-electron chi connectivity index (χ0n) is 16.4. The van der Waals surface area contributed by atoms with Crippen LogP contribution in [-0.4, -0.2) is 39.5 Å². The molecule has 0 saturated heterocycles. The van der Waals surface area contributed by atoms with Gasteiger partial charge in [0.2, 0.25) is 10.0 Å². The van der Waals surface area contributed by atoms with Gasteiger partial charge < -0.3 is 14.8 Å². The molecule has 2 atom stereocenters. The smallest absolute Gasteiger partial charge is 0.324 e. The van der Waals surface area contributed by atoms with Crippen LogP contribution < -0.4 is 14.8 Å². The molecule has 3 rings (SSSR count). The van der Waals surface area contributed by atoms with E-state index in [-0.39, 0.29) is 21.0 Å². The third kappa shape index (κ3) is 5.88. The molecule has 11 heteroatoms. The summed E-state index contributed by atoms with van der Waals surface area (Å²) in [5.74, 6) is -0.706. The van der Waals surface area contributed by atoms with E-state index in [4.69, 9.17) is 32.7 Å². The van der Waals surface area contributed by atoms with Crippen molar-refractivity contribution in [3.8, 4) is 5.75 Å². The third-order valence-electron chi connectivity index (χ3n) is 4.53. The fourth-order valence-electron chi connectivity index (χ4n) is 2.98. The second-order valence-corrected chi connectivity index (χ2v) is 9.35. The summed E-state index contributed by atoms with van der Waals surface area (Å²) in [4.78, 5) is 24.2. The molecule has 2 aromatic rings. The molecule has 1 heterocycles. The van der Waals surface area contributed by atoms with Crippen molar-refractivity contribution in [3.63, 3.8) is 0 Å². The summed E-state index contributed by atoms with van der Waals surface area (Å²) >= 11 is 11.6. The SMILES string of the molecule is C[C@H](NS(=O)(=O)c1ccc(Cl)c(Cl)c1)C(=O)OCC(=O)NC1CCOc2ccccc21. The van der Waals surface area contributed by atoms with Crippen LogP contribution in [0.5, 0.6) is 5.75 Å². The number of nitrogens with one attached hydrogen (secondary N) is 2. The molecule has 0 bridgehead atoms. The molecular formula is C20H20Cl2N2O6S. The lowest BCUT2D eigenvalue weighted by atomic mass is 10.0. The van der Waals surface area contributed by atoms with Gasteiger partial charge in [-0.25, -0.2) is 8.42 Å². The molecule has 0 radical (unpaired) electrons. The molecule has 1 amide bonds. The van der Waals surface area contributed by atoms with Crippen LogP contribution in [0.3, 0.4) is 0 Å². The van der Waals surface area contributed by atoms with E-state index in [1.54, 1.807) is 0 Å². The number of hydrogen-bond acceptors (Lipinski definition) is 6. The number of hydrogen-bond donors (Lipinski definition) is 2. The Morgan fingerprint density at radius 3 is 2.68 bits per heavy atom. The van der Waals surface area contributed by atoms with Gasteiger partial charge in [-0.3, -0.25) is 9.59 Å². The lowest BCUT2D eigenvalue weighted by Gasteiger charge is -2.26. The highest BCUT2D eigenvalue weighted by molar-refractivity contribution is 7.89. The maximum absolute atomic E-state index is 12.4. The summed E-state index contributed by atoms with van der Waals surface area (Å²) in [5, 5.41) is 3.05. The summed E-state index contributed by atoms with van der Waals surface area (Å²) in [6, 6.07) is 9.62. The van der Waals surface area contributed by atoms with Gasteiger partial charge in [0.25, 0.3) is 5.91 Å². The highest BCUT2D eigenvalue weighted by Gasteiger charge is 2.26. The van der Waals surface area contributed by atoms with Crippen molar-refractivity contribution in [1.29, 1.82) is 0 Å². The predicted molar refractivity (Wildman–Crippen MR) is 115 cm³/mol. The van der Waals surface area contributed by atoms with Crippen LogP contribution in [0.2, 0.25) is 10.0 Å². The third-order valence-corrected chi connectivity index (χ3v) is 6.80. The van der Waals surface area contributed by atoms with E-state index in [0.717, 1.165) is 5.56 Å². The second kappa shape index (κ2) is 9.86. The van der Waals surface area contributed by atoms with Gasteiger partial charge in [-0.2, -0.15) is 4.72 Å². The van der Waals surface area contributed by atoms with E-state index < -0.39 is 34.5 Å². The van der Waals surface area contributed by atoms with Crippen LogP contribution in [0.4, 0.5) is 0 Å². The lowest BCUT2D eigenvalue weighted by molar-refractivity contribution is -0.150. The minimum Gasteiger partial charge on any atom is -0.493 e. The molecule has 2 aromatic carbocycles. The standard InChI is InChI=1S/C20H20Cl2N2O6S/c1-12(24-31(27,28)13-6-7-15(21)16(22)10-13)20(26)30-11-19(25)23-17-8-9-29-18-5-3-2-4-14(17)18/h2-7,10,12,17,24H,8-9,11H2,1H3,(H,23,25)/t12-,17?/m0/s1. The first-order valence-electron chi connectivity index (χ1n) is 9.32. The number of carbonyl (C=O) groups excluding carboxylic acids is 2. The minimum atomic E-state index is -4.05. The topological polar surface area (TPSA) is 111 Å². The van der Waals surface area contributed by atoms with Crippen molar-refractivity contribution in [2.24, 2.45) is 0 Å². The van der Waals surface area contributed by atoms with Crippen molar-refractivity contribution >= 4 is 45.1 Å². The molecule has 0 saturated carbocycles.